The largest absolute Gasteiger partial charge is 0.370 e. The maximum absolute atomic E-state index is 4.48. The molecule has 2 rings (SSSR count). The molecule has 3 nitrogen and oxygen atoms in total. The number of aryl methyl sites for hydroxylation is 1. The zero-order valence-electron chi connectivity index (χ0n) is 11.2. The van der Waals surface area contributed by atoms with Gasteiger partial charge in [-0.1, -0.05) is 13.8 Å². The number of rotatable bonds is 5. The zero-order chi connectivity index (χ0) is 13.0. The molecule has 0 fully saturated rings. The first-order valence-corrected chi connectivity index (χ1v) is 7.28. The van der Waals surface area contributed by atoms with Crippen LogP contribution in [0, 0.1) is 6.92 Å². The van der Waals surface area contributed by atoms with Crippen LogP contribution in [0.2, 0.25) is 0 Å². The van der Waals surface area contributed by atoms with E-state index >= 15 is 0 Å². The monoisotopic (exact) mass is 261 g/mol. The second kappa shape index (κ2) is 5.96. The Kier molecular flexibility index (Phi) is 4.31. The summed E-state index contributed by atoms with van der Waals surface area (Å²) in [5.74, 6) is 0.981. The summed E-state index contributed by atoms with van der Waals surface area (Å²) in [6.45, 7) is 7.40. The van der Waals surface area contributed by atoms with Crippen LogP contribution < -0.4 is 5.32 Å². The van der Waals surface area contributed by atoms with Gasteiger partial charge in [0.2, 0.25) is 0 Å². The van der Waals surface area contributed by atoms with Crippen molar-refractivity contribution < 1.29 is 0 Å². The third-order valence-electron chi connectivity index (χ3n) is 2.96. The Labute approximate surface area is 112 Å². The Morgan fingerprint density at radius 2 is 2.11 bits per heavy atom. The van der Waals surface area contributed by atoms with E-state index in [1.807, 2.05) is 0 Å². The van der Waals surface area contributed by atoms with E-state index in [4.69, 9.17) is 0 Å². The van der Waals surface area contributed by atoms with E-state index in [1.165, 1.54) is 16.0 Å². The SMILES string of the molecule is CCCNc1ncnc(-c2ccsc2C)c1CC. The number of nitrogens with zero attached hydrogens (tertiary/aromatic N) is 2. The molecule has 2 aromatic rings. The lowest BCUT2D eigenvalue weighted by molar-refractivity contribution is 0.949. The predicted molar refractivity (Wildman–Crippen MR) is 78.2 cm³/mol. The molecule has 2 aromatic heterocycles. The second-order valence-electron chi connectivity index (χ2n) is 4.22. The van der Waals surface area contributed by atoms with Gasteiger partial charge in [-0.3, -0.25) is 0 Å². The highest BCUT2D eigenvalue weighted by Gasteiger charge is 2.13. The molecule has 0 aliphatic rings. The van der Waals surface area contributed by atoms with Crippen molar-refractivity contribution in [2.75, 3.05) is 11.9 Å². The lowest BCUT2D eigenvalue weighted by Crippen LogP contribution is -2.07. The lowest BCUT2D eigenvalue weighted by atomic mass is 10.1. The smallest absolute Gasteiger partial charge is 0.133 e. The van der Waals surface area contributed by atoms with Gasteiger partial charge in [0.1, 0.15) is 12.1 Å². The summed E-state index contributed by atoms with van der Waals surface area (Å²) in [5.41, 5.74) is 3.52. The summed E-state index contributed by atoms with van der Waals surface area (Å²) in [4.78, 5) is 10.2. The summed E-state index contributed by atoms with van der Waals surface area (Å²) in [7, 11) is 0. The van der Waals surface area contributed by atoms with E-state index in [0.29, 0.717) is 0 Å². The van der Waals surface area contributed by atoms with Gasteiger partial charge in [0, 0.05) is 22.5 Å². The maximum atomic E-state index is 4.48. The first kappa shape index (κ1) is 13.0. The highest BCUT2D eigenvalue weighted by Crippen LogP contribution is 2.31. The van der Waals surface area contributed by atoms with Crippen LogP contribution in [0.5, 0.6) is 0 Å². The Balaban J connectivity index is 2.45. The Hall–Kier alpha value is -1.42. The van der Waals surface area contributed by atoms with Gasteiger partial charge in [0.05, 0.1) is 5.69 Å². The number of anilines is 1. The van der Waals surface area contributed by atoms with E-state index in [1.54, 1.807) is 17.7 Å². The minimum atomic E-state index is 0.942. The molecule has 0 amide bonds. The Bertz CT molecular complexity index is 520. The molecular formula is C14H19N3S. The van der Waals surface area contributed by atoms with Crippen molar-refractivity contribution in [2.45, 2.75) is 33.6 Å². The zero-order valence-corrected chi connectivity index (χ0v) is 12.0. The van der Waals surface area contributed by atoms with Gasteiger partial charge in [-0.05, 0) is 31.2 Å². The van der Waals surface area contributed by atoms with Crippen molar-refractivity contribution in [3.05, 3.63) is 28.2 Å². The van der Waals surface area contributed by atoms with Crippen LogP contribution in [0.3, 0.4) is 0 Å². The van der Waals surface area contributed by atoms with Gasteiger partial charge in [-0.15, -0.1) is 11.3 Å². The highest BCUT2D eigenvalue weighted by molar-refractivity contribution is 7.10. The Morgan fingerprint density at radius 3 is 2.72 bits per heavy atom. The second-order valence-corrected chi connectivity index (χ2v) is 5.34. The molecule has 4 heteroatoms. The molecule has 0 saturated heterocycles. The van der Waals surface area contributed by atoms with Gasteiger partial charge >= 0.3 is 0 Å². The summed E-state index contributed by atoms with van der Waals surface area (Å²) in [6.07, 6.45) is 3.70. The van der Waals surface area contributed by atoms with Crippen LogP contribution in [-0.4, -0.2) is 16.5 Å². The predicted octanol–water partition coefficient (Wildman–Crippen LogP) is 3.90. The standard InChI is InChI=1S/C14H19N3S/c1-4-7-15-14-11(5-2)13(16-9-17-14)12-6-8-18-10(12)3/h6,8-9H,4-5,7H2,1-3H3,(H,15,16,17). The fourth-order valence-corrected chi connectivity index (χ4v) is 2.71. The molecule has 1 N–H and O–H groups in total. The van der Waals surface area contributed by atoms with Crippen LogP contribution in [0.4, 0.5) is 5.82 Å². The van der Waals surface area contributed by atoms with E-state index in [-0.39, 0.29) is 0 Å². The van der Waals surface area contributed by atoms with Crippen molar-refractivity contribution in [1.29, 1.82) is 0 Å². The first-order chi connectivity index (χ1) is 8.77. The average molecular weight is 261 g/mol. The molecule has 0 radical (unpaired) electrons. The quantitative estimate of drug-likeness (QED) is 0.887. The average Bonchev–Trinajstić information content (AvgIpc) is 2.81. The highest BCUT2D eigenvalue weighted by atomic mass is 32.1. The number of hydrogen-bond acceptors (Lipinski definition) is 4. The van der Waals surface area contributed by atoms with Gasteiger partial charge in [0.15, 0.2) is 0 Å². The Morgan fingerprint density at radius 1 is 1.28 bits per heavy atom. The first-order valence-electron chi connectivity index (χ1n) is 6.40. The van der Waals surface area contributed by atoms with Crippen molar-refractivity contribution in [1.82, 2.24) is 9.97 Å². The molecule has 0 spiro atoms. The van der Waals surface area contributed by atoms with Crippen molar-refractivity contribution >= 4 is 17.2 Å². The minimum Gasteiger partial charge on any atom is -0.370 e. The van der Waals surface area contributed by atoms with Gasteiger partial charge in [-0.25, -0.2) is 9.97 Å². The normalized spacial score (nSPS) is 10.6. The molecule has 0 saturated carbocycles. The molecule has 0 aromatic carbocycles. The van der Waals surface area contributed by atoms with Crippen LogP contribution in [0.15, 0.2) is 17.8 Å². The van der Waals surface area contributed by atoms with E-state index < -0.39 is 0 Å². The maximum Gasteiger partial charge on any atom is 0.133 e. The molecule has 0 bridgehead atoms. The third-order valence-corrected chi connectivity index (χ3v) is 3.80. The number of hydrogen-bond donors (Lipinski definition) is 1. The summed E-state index contributed by atoms with van der Waals surface area (Å²) in [6, 6.07) is 2.14. The summed E-state index contributed by atoms with van der Waals surface area (Å²) >= 11 is 1.76. The van der Waals surface area contributed by atoms with Crippen LogP contribution in [0.1, 0.15) is 30.7 Å². The minimum absolute atomic E-state index is 0.942. The molecular weight excluding hydrogens is 242 g/mol. The van der Waals surface area contributed by atoms with Crippen molar-refractivity contribution in [3.8, 4) is 11.3 Å². The molecule has 0 atom stereocenters. The van der Waals surface area contributed by atoms with E-state index in [9.17, 15) is 0 Å². The third kappa shape index (κ3) is 2.53. The van der Waals surface area contributed by atoms with Crippen LogP contribution in [-0.2, 0) is 6.42 Å². The summed E-state index contributed by atoms with van der Waals surface area (Å²) in [5, 5.41) is 5.50. The molecule has 2 heterocycles. The van der Waals surface area contributed by atoms with E-state index in [0.717, 1.165) is 30.9 Å². The summed E-state index contributed by atoms with van der Waals surface area (Å²) < 4.78 is 0. The number of nitrogens with one attached hydrogen (secondary N) is 1. The molecule has 96 valence electrons. The molecule has 18 heavy (non-hydrogen) atoms. The van der Waals surface area contributed by atoms with Gasteiger partial charge in [0.25, 0.3) is 0 Å². The lowest BCUT2D eigenvalue weighted by Gasteiger charge is -2.12. The van der Waals surface area contributed by atoms with Crippen molar-refractivity contribution in [3.63, 3.8) is 0 Å². The van der Waals surface area contributed by atoms with Crippen LogP contribution >= 0.6 is 11.3 Å². The molecule has 0 aliphatic carbocycles. The fourth-order valence-electron chi connectivity index (χ4n) is 2.01. The fraction of sp³-hybridized carbons (Fsp3) is 0.429. The topological polar surface area (TPSA) is 37.8 Å². The molecule has 0 unspecified atom stereocenters. The van der Waals surface area contributed by atoms with E-state index in [2.05, 4.69) is 47.5 Å². The molecule has 0 aliphatic heterocycles. The van der Waals surface area contributed by atoms with Gasteiger partial charge in [-0.2, -0.15) is 0 Å². The van der Waals surface area contributed by atoms with Crippen LogP contribution in [0.25, 0.3) is 11.3 Å². The van der Waals surface area contributed by atoms with Crippen molar-refractivity contribution in [2.24, 2.45) is 0 Å². The number of thiophene rings is 1. The number of aromatic nitrogens is 2. The van der Waals surface area contributed by atoms with Gasteiger partial charge < -0.3 is 5.32 Å².